The molecule has 0 spiro atoms. The molecule has 0 amide bonds. The lowest BCUT2D eigenvalue weighted by Gasteiger charge is -2.02. The van der Waals surface area contributed by atoms with Crippen molar-refractivity contribution in [3.05, 3.63) is 52.4 Å². The molecule has 0 saturated heterocycles. The van der Waals surface area contributed by atoms with Gasteiger partial charge in [-0.05, 0) is 24.3 Å². The third kappa shape index (κ3) is 2.88. The van der Waals surface area contributed by atoms with Gasteiger partial charge in [0.1, 0.15) is 5.03 Å². The van der Waals surface area contributed by atoms with E-state index < -0.39 is 5.82 Å². The summed E-state index contributed by atoms with van der Waals surface area (Å²) in [6, 6.07) is 8.39. The zero-order chi connectivity index (χ0) is 11.5. The highest BCUT2D eigenvalue weighted by Crippen LogP contribution is 2.30. The Hall–Kier alpha value is -0.770. The van der Waals surface area contributed by atoms with Gasteiger partial charge in [0.15, 0.2) is 5.82 Å². The molecule has 1 aromatic heterocycles. The van der Waals surface area contributed by atoms with Crippen LogP contribution in [0.15, 0.2) is 46.5 Å². The Labute approximate surface area is 107 Å². The Bertz CT molecular complexity index is 519. The monoisotopic (exact) mass is 273 g/mol. The molecular weight excluding hydrogens is 268 g/mol. The molecule has 1 aromatic carbocycles. The lowest BCUT2D eigenvalue weighted by Crippen LogP contribution is -1.86. The first-order valence-electron chi connectivity index (χ1n) is 4.39. The topological polar surface area (TPSA) is 12.9 Å². The molecule has 0 bridgehead atoms. The van der Waals surface area contributed by atoms with E-state index in [4.69, 9.17) is 23.2 Å². The van der Waals surface area contributed by atoms with E-state index in [-0.39, 0.29) is 10.0 Å². The number of nitrogens with zero attached hydrogens (tertiary/aromatic N) is 1. The zero-order valence-corrected chi connectivity index (χ0v) is 10.3. The predicted molar refractivity (Wildman–Crippen MR) is 64.8 cm³/mol. The van der Waals surface area contributed by atoms with Crippen molar-refractivity contribution in [2.24, 2.45) is 0 Å². The highest BCUT2D eigenvalue weighted by molar-refractivity contribution is 7.99. The van der Waals surface area contributed by atoms with Crippen LogP contribution in [0.4, 0.5) is 4.39 Å². The fourth-order valence-electron chi connectivity index (χ4n) is 1.12. The molecule has 2 aromatic rings. The number of benzene rings is 1. The van der Waals surface area contributed by atoms with Gasteiger partial charge in [-0.15, -0.1) is 0 Å². The smallest absolute Gasteiger partial charge is 0.157 e. The van der Waals surface area contributed by atoms with Crippen LogP contribution in [0.5, 0.6) is 0 Å². The molecule has 0 N–H and O–H groups in total. The van der Waals surface area contributed by atoms with Crippen molar-refractivity contribution in [2.75, 3.05) is 0 Å². The third-order valence-electron chi connectivity index (χ3n) is 1.78. The fraction of sp³-hybridized carbons (Fsp3) is 0. The maximum absolute atomic E-state index is 13.4. The summed E-state index contributed by atoms with van der Waals surface area (Å²) in [4.78, 5) is 4.75. The molecule has 0 aliphatic heterocycles. The molecule has 5 heteroatoms. The standard InChI is InChI=1S/C11H6Cl2FNS/c12-7-2-1-3-9(4-7)16-11-10(14)5-8(13)6-15-11/h1-6H. The van der Waals surface area contributed by atoms with Crippen LogP contribution in [0.25, 0.3) is 0 Å². The van der Waals surface area contributed by atoms with Crippen molar-refractivity contribution in [3.8, 4) is 0 Å². The molecule has 0 aliphatic rings. The second-order valence-electron chi connectivity index (χ2n) is 3.00. The number of pyridine rings is 1. The quantitative estimate of drug-likeness (QED) is 0.788. The Balaban J connectivity index is 2.27. The van der Waals surface area contributed by atoms with E-state index in [9.17, 15) is 4.39 Å². The molecule has 0 radical (unpaired) electrons. The minimum absolute atomic E-state index is 0.284. The Morgan fingerprint density at radius 2 is 1.94 bits per heavy atom. The lowest BCUT2D eigenvalue weighted by atomic mass is 10.4. The van der Waals surface area contributed by atoms with Crippen LogP contribution in [0, 0.1) is 5.82 Å². The minimum atomic E-state index is -0.433. The summed E-state index contributed by atoms with van der Waals surface area (Å²) < 4.78 is 13.4. The van der Waals surface area contributed by atoms with E-state index in [1.807, 2.05) is 6.07 Å². The maximum Gasteiger partial charge on any atom is 0.157 e. The molecule has 82 valence electrons. The summed E-state index contributed by atoms with van der Waals surface area (Å²) in [6.45, 7) is 0. The Kier molecular flexibility index (Phi) is 3.69. The predicted octanol–water partition coefficient (Wildman–Crippen LogP) is 4.68. The molecule has 0 aliphatic carbocycles. The van der Waals surface area contributed by atoms with Gasteiger partial charge in [-0.3, -0.25) is 0 Å². The van der Waals surface area contributed by atoms with Crippen LogP contribution in [0.1, 0.15) is 0 Å². The second kappa shape index (κ2) is 5.04. The van der Waals surface area contributed by atoms with Gasteiger partial charge >= 0.3 is 0 Å². The van der Waals surface area contributed by atoms with Crippen molar-refractivity contribution >= 4 is 35.0 Å². The van der Waals surface area contributed by atoms with E-state index in [1.54, 1.807) is 18.2 Å². The average Bonchev–Trinajstić information content (AvgIpc) is 2.22. The summed E-state index contributed by atoms with van der Waals surface area (Å²) in [5, 5.41) is 1.18. The van der Waals surface area contributed by atoms with E-state index >= 15 is 0 Å². The van der Waals surface area contributed by atoms with Gasteiger partial charge in [0.25, 0.3) is 0 Å². The molecular formula is C11H6Cl2FNS. The van der Waals surface area contributed by atoms with Gasteiger partial charge in [-0.2, -0.15) is 0 Å². The first-order chi connectivity index (χ1) is 7.65. The summed E-state index contributed by atoms with van der Waals surface area (Å²) in [5.41, 5.74) is 0. The van der Waals surface area contributed by atoms with Crippen LogP contribution < -0.4 is 0 Å². The number of halogens is 3. The molecule has 2 rings (SSSR count). The minimum Gasteiger partial charge on any atom is -0.245 e. The molecule has 0 unspecified atom stereocenters. The highest BCUT2D eigenvalue weighted by Gasteiger charge is 2.06. The second-order valence-corrected chi connectivity index (χ2v) is 4.94. The first-order valence-corrected chi connectivity index (χ1v) is 5.97. The van der Waals surface area contributed by atoms with E-state index in [0.717, 1.165) is 4.90 Å². The third-order valence-corrected chi connectivity index (χ3v) is 3.21. The van der Waals surface area contributed by atoms with Crippen molar-refractivity contribution in [2.45, 2.75) is 9.92 Å². The van der Waals surface area contributed by atoms with Gasteiger partial charge < -0.3 is 0 Å². The highest BCUT2D eigenvalue weighted by atomic mass is 35.5. The van der Waals surface area contributed by atoms with Gasteiger partial charge in [0.2, 0.25) is 0 Å². The average molecular weight is 274 g/mol. The Morgan fingerprint density at radius 1 is 1.12 bits per heavy atom. The normalized spacial score (nSPS) is 10.4. The van der Waals surface area contributed by atoms with Crippen molar-refractivity contribution in [1.29, 1.82) is 0 Å². The summed E-state index contributed by atoms with van der Waals surface area (Å²) in [5.74, 6) is -0.433. The van der Waals surface area contributed by atoms with Gasteiger partial charge in [0.05, 0.1) is 5.02 Å². The summed E-state index contributed by atoms with van der Waals surface area (Å²) in [7, 11) is 0. The van der Waals surface area contributed by atoms with Crippen LogP contribution in [0.2, 0.25) is 10.0 Å². The maximum atomic E-state index is 13.4. The molecule has 0 atom stereocenters. The number of hydrogen-bond donors (Lipinski definition) is 0. The van der Waals surface area contributed by atoms with Crippen LogP contribution in [0.3, 0.4) is 0 Å². The number of hydrogen-bond acceptors (Lipinski definition) is 2. The number of aromatic nitrogens is 1. The zero-order valence-electron chi connectivity index (χ0n) is 7.95. The number of rotatable bonds is 2. The van der Waals surface area contributed by atoms with E-state index in [2.05, 4.69) is 4.98 Å². The van der Waals surface area contributed by atoms with Gasteiger partial charge in [-0.1, -0.05) is 41.0 Å². The van der Waals surface area contributed by atoms with E-state index in [1.165, 1.54) is 24.0 Å². The van der Waals surface area contributed by atoms with Crippen LogP contribution in [-0.2, 0) is 0 Å². The SMILES string of the molecule is Fc1cc(Cl)cnc1Sc1cccc(Cl)c1. The molecule has 0 saturated carbocycles. The van der Waals surface area contributed by atoms with Crippen molar-refractivity contribution in [3.63, 3.8) is 0 Å². The van der Waals surface area contributed by atoms with E-state index in [0.29, 0.717) is 5.02 Å². The van der Waals surface area contributed by atoms with Gasteiger partial charge in [-0.25, -0.2) is 9.37 Å². The largest absolute Gasteiger partial charge is 0.245 e. The Morgan fingerprint density at radius 3 is 2.62 bits per heavy atom. The molecule has 1 nitrogen and oxygen atoms in total. The van der Waals surface area contributed by atoms with Crippen molar-refractivity contribution in [1.82, 2.24) is 4.98 Å². The van der Waals surface area contributed by atoms with Crippen molar-refractivity contribution < 1.29 is 4.39 Å². The molecule has 16 heavy (non-hydrogen) atoms. The summed E-state index contributed by atoms with van der Waals surface area (Å²) in [6.07, 6.45) is 1.41. The van der Waals surface area contributed by atoms with Crippen LogP contribution >= 0.6 is 35.0 Å². The lowest BCUT2D eigenvalue weighted by molar-refractivity contribution is 0.588. The van der Waals surface area contributed by atoms with Crippen LogP contribution in [-0.4, -0.2) is 4.98 Å². The molecule has 1 heterocycles. The summed E-state index contributed by atoms with van der Waals surface area (Å²) >= 11 is 12.6. The first kappa shape index (κ1) is 11.7. The fourth-order valence-corrected chi connectivity index (χ4v) is 2.34. The van der Waals surface area contributed by atoms with Gasteiger partial charge in [0, 0.05) is 16.1 Å². The molecule has 0 fully saturated rings.